The molecule has 0 aromatic heterocycles. The predicted molar refractivity (Wildman–Crippen MR) is 239 cm³/mol. The summed E-state index contributed by atoms with van der Waals surface area (Å²) in [6.07, 6.45) is 2.46. The zero-order valence-electron chi connectivity index (χ0n) is 36.9. The standard InChI is InChI=1S/C47H63N3O12Si/c1-47(2,3)63(36-14-7-4-8-15-36,37-16-9-5-10-17-37)62-35-34-61-33-32-60-31-30-59-29-28-58-27-26-57-25-24-56-23-12-6-11-20-41(51)48-39-19-13-18-38-43(39)46(55)50(45(38)54)40-21-22-42(52)49-44(40)53/h4-5,7-10,13-19,40H,6,11-12,20-35H2,1-3H3,(H,48,51)(H,49,52,53). The van der Waals surface area contributed by atoms with E-state index in [1.807, 2.05) is 12.1 Å². The molecule has 0 bridgehead atoms. The van der Waals surface area contributed by atoms with Crippen LogP contribution in [0.2, 0.25) is 5.04 Å². The van der Waals surface area contributed by atoms with E-state index in [1.165, 1.54) is 16.4 Å². The number of imide groups is 2. The summed E-state index contributed by atoms with van der Waals surface area (Å²) in [4.78, 5) is 63.7. The molecule has 5 amide bonds. The van der Waals surface area contributed by atoms with Crippen LogP contribution in [-0.4, -0.2) is 135 Å². The predicted octanol–water partition coefficient (Wildman–Crippen LogP) is 4.26. The van der Waals surface area contributed by atoms with Gasteiger partial charge in [0, 0.05) is 19.4 Å². The van der Waals surface area contributed by atoms with Crippen molar-refractivity contribution in [2.24, 2.45) is 0 Å². The number of carbonyl (C=O) groups is 5. The van der Waals surface area contributed by atoms with Crippen LogP contribution in [0.1, 0.15) is 80.0 Å². The third-order valence-corrected chi connectivity index (χ3v) is 15.8. The van der Waals surface area contributed by atoms with Crippen molar-refractivity contribution in [2.45, 2.75) is 70.4 Å². The molecule has 2 aliphatic rings. The second-order valence-electron chi connectivity index (χ2n) is 16.2. The molecule has 1 saturated heterocycles. The summed E-state index contributed by atoms with van der Waals surface area (Å²) in [5.74, 6) is -2.71. The number of benzene rings is 3. The Bertz CT molecular complexity index is 1890. The minimum atomic E-state index is -2.57. The lowest BCUT2D eigenvalue weighted by molar-refractivity contribution is -0.136. The third-order valence-electron chi connectivity index (χ3n) is 10.8. The highest BCUT2D eigenvalue weighted by Crippen LogP contribution is 2.37. The molecule has 63 heavy (non-hydrogen) atoms. The molecule has 1 fully saturated rings. The number of carbonyl (C=O) groups excluding carboxylic acids is 5. The van der Waals surface area contributed by atoms with E-state index in [4.69, 9.17) is 32.8 Å². The monoisotopic (exact) mass is 889 g/mol. The summed E-state index contributed by atoms with van der Waals surface area (Å²) in [7, 11) is -2.57. The maximum Gasteiger partial charge on any atom is 0.264 e. The molecular formula is C47H63N3O12Si. The van der Waals surface area contributed by atoms with Crippen molar-refractivity contribution in [1.82, 2.24) is 10.2 Å². The minimum Gasteiger partial charge on any atom is -0.405 e. The van der Waals surface area contributed by atoms with Crippen molar-refractivity contribution >= 4 is 53.9 Å². The molecule has 2 N–H and O–H groups in total. The number of nitrogens with one attached hydrogen (secondary N) is 2. The third kappa shape index (κ3) is 14.2. The molecule has 3 aromatic carbocycles. The molecule has 0 radical (unpaired) electrons. The van der Waals surface area contributed by atoms with Gasteiger partial charge in [-0.05, 0) is 46.8 Å². The zero-order chi connectivity index (χ0) is 44.9. The molecule has 342 valence electrons. The average Bonchev–Trinajstić information content (AvgIpc) is 3.52. The van der Waals surface area contributed by atoms with Gasteiger partial charge < -0.3 is 38.2 Å². The number of hydrogen-bond acceptors (Lipinski definition) is 12. The fourth-order valence-corrected chi connectivity index (χ4v) is 12.3. The average molecular weight is 890 g/mol. The van der Waals surface area contributed by atoms with E-state index in [-0.39, 0.29) is 47.0 Å². The summed E-state index contributed by atoms with van der Waals surface area (Å²) in [6, 6.07) is 24.7. The molecule has 3 aromatic rings. The molecule has 15 nitrogen and oxygen atoms in total. The fourth-order valence-electron chi connectivity index (χ4n) is 7.72. The van der Waals surface area contributed by atoms with Gasteiger partial charge in [0.25, 0.3) is 20.1 Å². The number of piperidine rings is 1. The summed E-state index contributed by atoms with van der Waals surface area (Å²) < 4.78 is 40.7. The Morgan fingerprint density at radius 1 is 0.635 bits per heavy atom. The summed E-state index contributed by atoms with van der Waals surface area (Å²) in [6.45, 7) is 12.9. The molecule has 2 aliphatic heterocycles. The minimum absolute atomic E-state index is 0.0288. The molecular weight excluding hydrogens is 827 g/mol. The van der Waals surface area contributed by atoms with Crippen molar-refractivity contribution in [2.75, 3.05) is 91.2 Å². The zero-order valence-corrected chi connectivity index (χ0v) is 37.9. The molecule has 2 heterocycles. The highest BCUT2D eigenvalue weighted by Gasteiger charge is 2.50. The lowest BCUT2D eigenvalue weighted by atomic mass is 10.0. The quantitative estimate of drug-likeness (QED) is 0.0577. The first kappa shape index (κ1) is 49.4. The van der Waals surface area contributed by atoms with Gasteiger partial charge in [0.1, 0.15) is 6.04 Å². The molecule has 1 unspecified atom stereocenters. The van der Waals surface area contributed by atoms with Crippen LogP contribution in [0.4, 0.5) is 5.69 Å². The topological polar surface area (TPSA) is 177 Å². The van der Waals surface area contributed by atoms with Crippen LogP contribution in [-0.2, 0) is 47.2 Å². The number of unbranched alkanes of at least 4 members (excludes halogenated alkanes) is 2. The first-order valence-electron chi connectivity index (χ1n) is 21.9. The number of fused-ring (bicyclic) bond motifs is 1. The van der Waals surface area contributed by atoms with Crippen LogP contribution < -0.4 is 21.0 Å². The van der Waals surface area contributed by atoms with Gasteiger partial charge in [0.05, 0.1) is 96.1 Å². The Kier molecular flexibility index (Phi) is 20.1. The molecule has 0 saturated carbocycles. The first-order chi connectivity index (χ1) is 30.5. The van der Waals surface area contributed by atoms with Crippen molar-refractivity contribution in [3.63, 3.8) is 0 Å². The van der Waals surface area contributed by atoms with E-state index in [9.17, 15) is 24.0 Å². The van der Waals surface area contributed by atoms with Gasteiger partial charge >= 0.3 is 0 Å². The highest BCUT2D eigenvalue weighted by atomic mass is 28.4. The van der Waals surface area contributed by atoms with E-state index in [2.05, 4.69) is 79.9 Å². The Morgan fingerprint density at radius 2 is 1.14 bits per heavy atom. The van der Waals surface area contributed by atoms with Crippen LogP contribution in [0.5, 0.6) is 0 Å². The number of ether oxygens (including phenoxy) is 6. The van der Waals surface area contributed by atoms with Gasteiger partial charge in [-0.25, -0.2) is 0 Å². The largest absolute Gasteiger partial charge is 0.405 e. The van der Waals surface area contributed by atoms with Gasteiger partial charge in [0.15, 0.2) is 0 Å². The normalized spacial score (nSPS) is 15.5. The van der Waals surface area contributed by atoms with E-state index >= 15 is 0 Å². The second-order valence-corrected chi connectivity index (χ2v) is 20.5. The van der Waals surface area contributed by atoms with Gasteiger partial charge in [-0.2, -0.15) is 0 Å². The van der Waals surface area contributed by atoms with Gasteiger partial charge in [-0.3, -0.25) is 34.2 Å². The van der Waals surface area contributed by atoms with E-state index in [0.717, 1.165) is 17.7 Å². The van der Waals surface area contributed by atoms with Crippen LogP contribution in [0.25, 0.3) is 0 Å². The van der Waals surface area contributed by atoms with Gasteiger partial charge in [-0.15, -0.1) is 0 Å². The first-order valence-corrected chi connectivity index (χ1v) is 23.8. The van der Waals surface area contributed by atoms with E-state index in [0.29, 0.717) is 92.3 Å². The molecule has 1 atom stereocenters. The van der Waals surface area contributed by atoms with E-state index < -0.39 is 38.0 Å². The molecule has 0 aliphatic carbocycles. The number of hydrogen-bond donors (Lipinski definition) is 2. The van der Waals surface area contributed by atoms with Crippen molar-refractivity contribution in [3.8, 4) is 0 Å². The summed E-state index contributed by atoms with van der Waals surface area (Å²) >= 11 is 0. The lowest BCUT2D eigenvalue weighted by Crippen LogP contribution is -2.66. The van der Waals surface area contributed by atoms with Crippen LogP contribution in [0.3, 0.4) is 0 Å². The number of nitrogens with zero attached hydrogens (tertiary/aromatic N) is 1. The highest BCUT2D eigenvalue weighted by molar-refractivity contribution is 6.99. The summed E-state index contributed by atoms with van der Waals surface area (Å²) in [5, 5.41) is 7.34. The van der Waals surface area contributed by atoms with Crippen molar-refractivity contribution in [3.05, 3.63) is 90.0 Å². The van der Waals surface area contributed by atoms with E-state index in [1.54, 1.807) is 12.1 Å². The maximum atomic E-state index is 13.2. The van der Waals surface area contributed by atoms with Crippen molar-refractivity contribution in [1.29, 1.82) is 0 Å². The molecule has 0 spiro atoms. The lowest BCUT2D eigenvalue weighted by Gasteiger charge is -2.43. The second kappa shape index (κ2) is 25.6. The summed E-state index contributed by atoms with van der Waals surface area (Å²) in [5.41, 5.74) is 0.388. The smallest absolute Gasteiger partial charge is 0.264 e. The van der Waals surface area contributed by atoms with Crippen molar-refractivity contribution < 1.29 is 56.8 Å². The number of amides is 5. The Labute approximate surface area is 371 Å². The Morgan fingerprint density at radius 3 is 1.65 bits per heavy atom. The maximum absolute atomic E-state index is 13.2. The SMILES string of the molecule is CC(C)(C)[Si](OCCOCCOCCOCCOCCOCCOCCCCCC(=O)Nc1cccc2c1C(=O)N(C1CCC(=O)NC1=O)C2=O)(c1ccccc1)c1ccccc1. The van der Waals surface area contributed by atoms with Gasteiger partial charge in [0.2, 0.25) is 17.7 Å². The van der Waals surface area contributed by atoms with Gasteiger partial charge in [-0.1, -0.05) is 93.9 Å². The number of anilines is 1. The Balaban J connectivity index is 0.798. The van der Waals surface area contributed by atoms with Crippen LogP contribution >= 0.6 is 0 Å². The Hall–Kier alpha value is -4.65. The molecule has 16 heteroatoms. The fraction of sp³-hybridized carbons (Fsp3) is 0.511. The number of rotatable bonds is 29. The van der Waals surface area contributed by atoms with Crippen LogP contribution in [0.15, 0.2) is 78.9 Å². The van der Waals surface area contributed by atoms with Crippen LogP contribution in [0, 0.1) is 0 Å². The molecule has 5 rings (SSSR count).